The maximum atomic E-state index is 12.5. The average Bonchev–Trinajstić information content (AvgIpc) is 3.13. The van der Waals surface area contributed by atoms with Crippen LogP contribution in [0.2, 0.25) is 0 Å². The Labute approximate surface area is 135 Å². The minimum Gasteiger partial charge on any atom is -0.393 e. The van der Waals surface area contributed by atoms with E-state index in [1.807, 2.05) is 18.2 Å². The molecule has 4 atom stereocenters. The van der Waals surface area contributed by atoms with Crippen molar-refractivity contribution in [3.8, 4) is 0 Å². The Hall–Kier alpha value is -3.03. The van der Waals surface area contributed by atoms with Gasteiger partial charge >= 0.3 is 23.9 Å². The third-order valence-electron chi connectivity index (χ3n) is 5.22. The van der Waals surface area contributed by atoms with Gasteiger partial charge in [0.25, 0.3) is 0 Å². The Balaban J connectivity index is 1.78. The quantitative estimate of drug-likeness (QED) is 0.485. The van der Waals surface area contributed by atoms with Gasteiger partial charge in [0.1, 0.15) is 5.92 Å². The zero-order valence-electron chi connectivity index (χ0n) is 12.2. The van der Waals surface area contributed by atoms with E-state index in [0.717, 1.165) is 11.1 Å². The van der Waals surface area contributed by atoms with Crippen molar-refractivity contribution in [1.82, 2.24) is 5.01 Å². The number of nitrogens with zero attached hydrogens (tertiary/aromatic N) is 2. The van der Waals surface area contributed by atoms with Crippen LogP contribution in [0.15, 0.2) is 29.4 Å². The van der Waals surface area contributed by atoms with Crippen LogP contribution in [0.3, 0.4) is 0 Å². The van der Waals surface area contributed by atoms with Crippen molar-refractivity contribution in [2.24, 2.45) is 16.9 Å². The van der Waals surface area contributed by atoms with Gasteiger partial charge in [-0.05, 0) is 11.1 Å². The topological polar surface area (TPSA) is 102 Å². The molecule has 0 radical (unpaired) electrons. The molecule has 8 nitrogen and oxygen atoms in total. The number of hydrogen-bond acceptors (Lipinski definition) is 8. The molecule has 0 unspecified atom stereocenters. The standard InChI is InChI=1S/C16H10N2O6/c19-9-5-16(15(22)23-9)11-10(13(20)24-14(11)21)12-8-4-2-1-3-7(8)6-17-18(12)16/h1-4,6,10-12H,5H2/t10-,11-,12-,16-/m1/s1. The SMILES string of the molecule is O=C1C[C@]2(C(=O)O1)[C@H]1C(=O)OC(=O)[C@H]1[C@H]1c3ccccc3C=NN12. The van der Waals surface area contributed by atoms with Crippen LogP contribution in [0.5, 0.6) is 0 Å². The van der Waals surface area contributed by atoms with Gasteiger partial charge in [0, 0.05) is 0 Å². The van der Waals surface area contributed by atoms with E-state index in [9.17, 15) is 19.2 Å². The lowest BCUT2D eigenvalue weighted by Crippen LogP contribution is -2.52. The number of hydrogen-bond donors (Lipinski definition) is 0. The fourth-order valence-electron chi connectivity index (χ4n) is 4.31. The van der Waals surface area contributed by atoms with Gasteiger partial charge in [0.2, 0.25) is 0 Å². The van der Waals surface area contributed by atoms with Crippen LogP contribution < -0.4 is 0 Å². The van der Waals surface area contributed by atoms with Gasteiger partial charge < -0.3 is 9.47 Å². The van der Waals surface area contributed by atoms with Crippen LogP contribution in [-0.4, -0.2) is 40.6 Å². The van der Waals surface area contributed by atoms with Gasteiger partial charge in [-0.2, -0.15) is 5.10 Å². The second kappa shape index (κ2) is 4.08. The number of rotatable bonds is 0. The summed E-state index contributed by atoms with van der Waals surface area (Å²) in [5.74, 6) is -5.09. The molecule has 0 aromatic heterocycles. The van der Waals surface area contributed by atoms with Gasteiger partial charge in [-0.1, -0.05) is 24.3 Å². The number of ether oxygens (including phenoxy) is 2. The molecule has 1 aromatic carbocycles. The summed E-state index contributed by atoms with van der Waals surface area (Å²) >= 11 is 0. The average molecular weight is 326 g/mol. The molecule has 0 aliphatic carbocycles. The van der Waals surface area contributed by atoms with E-state index in [2.05, 4.69) is 5.10 Å². The number of cyclic esters (lactones) is 4. The molecule has 5 rings (SSSR count). The highest BCUT2D eigenvalue weighted by molar-refractivity contribution is 6.09. The van der Waals surface area contributed by atoms with E-state index in [4.69, 9.17) is 9.47 Å². The summed E-state index contributed by atoms with van der Waals surface area (Å²) in [7, 11) is 0. The Morgan fingerprint density at radius 1 is 1.08 bits per heavy atom. The van der Waals surface area contributed by atoms with Crippen LogP contribution in [0.25, 0.3) is 0 Å². The van der Waals surface area contributed by atoms with E-state index < -0.39 is 47.3 Å². The summed E-state index contributed by atoms with van der Waals surface area (Å²) in [4.78, 5) is 48.8. The first-order valence-corrected chi connectivity index (χ1v) is 7.47. The van der Waals surface area contributed by atoms with Crippen LogP contribution in [0.1, 0.15) is 23.6 Å². The van der Waals surface area contributed by atoms with Gasteiger partial charge in [-0.15, -0.1) is 0 Å². The van der Waals surface area contributed by atoms with E-state index >= 15 is 0 Å². The maximum Gasteiger partial charge on any atom is 0.342 e. The predicted octanol–water partition coefficient (Wildman–Crippen LogP) is -0.0811. The first-order valence-electron chi connectivity index (χ1n) is 7.47. The van der Waals surface area contributed by atoms with Crippen molar-refractivity contribution in [1.29, 1.82) is 0 Å². The zero-order valence-corrected chi connectivity index (χ0v) is 12.2. The second-order valence-corrected chi connectivity index (χ2v) is 6.27. The molecule has 24 heavy (non-hydrogen) atoms. The van der Waals surface area contributed by atoms with Crippen molar-refractivity contribution in [2.45, 2.75) is 18.0 Å². The molecule has 4 aliphatic rings. The molecular weight excluding hydrogens is 316 g/mol. The van der Waals surface area contributed by atoms with Crippen molar-refractivity contribution in [3.05, 3.63) is 35.4 Å². The van der Waals surface area contributed by atoms with Crippen LogP contribution >= 0.6 is 0 Å². The lowest BCUT2D eigenvalue weighted by atomic mass is 9.78. The zero-order chi connectivity index (χ0) is 16.6. The first kappa shape index (κ1) is 13.4. The highest BCUT2D eigenvalue weighted by atomic mass is 16.6. The van der Waals surface area contributed by atoms with Gasteiger partial charge in [-0.3, -0.25) is 19.4 Å². The fraction of sp³-hybridized carbons (Fsp3) is 0.312. The number of fused-ring (bicyclic) bond motifs is 7. The third-order valence-corrected chi connectivity index (χ3v) is 5.22. The lowest BCUT2D eigenvalue weighted by molar-refractivity contribution is -0.163. The molecule has 1 spiro atoms. The monoisotopic (exact) mass is 326 g/mol. The Morgan fingerprint density at radius 2 is 1.88 bits per heavy atom. The molecule has 1 aromatic rings. The van der Waals surface area contributed by atoms with Crippen molar-refractivity contribution >= 4 is 30.1 Å². The summed E-state index contributed by atoms with van der Waals surface area (Å²) in [5.41, 5.74) is -0.0581. The Bertz CT molecular complexity index is 877. The van der Waals surface area contributed by atoms with Crippen molar-refractivity contribution in [2.75, 3.05) is 0 Å². The minimum atomic E-state index is -1.61. The molecule has 0 N–H and O–H groups in total. The molecule has 4 aliphatic heterocycles. The van der Waals surface area contributed by atoms with Gasteiger partial charge in [0.05, 0.1) is 24.6 Å². The normalized spacial score (nSPS) is 35.8. The van der Waals surface area contributed by atoms with E-state index in [-0.39, 0.29) is 6.42 Å². The van der Waals surface area contributed by atoms with Gasteiger partial charge in [0.15, 0.2) is 5.54 Å². The fourth-order valence-corrected chi connectivity index (χ4v) is 4.31. The Kier molecular flexibility index (Phi) is 2.28. The van der Waals surface area contributed by atoms with Crippen molar-refractivity contribution < 1.29 is 28.7 Å². The minimum absolute atomic E-state index is 0.328. The number of benzene rings is 1. The van der Waals surface area contributed by atoms with E-state index in [0.29, 0.717) is 0 Å². The number of carbonyl (C=O) groups is 4. The second-order valence-electron chi connectivity index (χ2n) is 6.27. The number of hydrazone groups is 1. The highest BCUT2D eigenvalue weighted by Crippen LogP contribution is 2.58. The third kappa shape index (κ3) is 1.33. The largest absolute Gasteiger partial charge is 0.393 e. The molecule has 0 bridgehead atoms. The molecule has 4 heterocycles. The van der Waals surface area contributed by atoms with E-state index in [1.54, 1.807) is 12.3 Å². The Morgan fingerprint density at radius 3 is 2.62 bits per heavy atom. The first-order chi connectivity index (χ1) is 11.5. The molecule has 0 amide bonds. The van der Waals surface area contributed by atoms with E-state index in [1.165, 1.54) is 5.01 Å². The smallest absolute Gasteiger partial charge is 0.342 e. The van der Waals surface area contributed by atoms with Crippen LogP contribution in [0.4, 0.5) is 0 Å². The summed E-state index contributed by atoms with van der Waals surface area (Å²) in [6, 6.07) is 6.63. The molecule has 120 valence electrons. The molecule has 0 saturated carbocycles. The van der Waals surface area contributed by atoms with Crippen LogP contribution in [0, 0.1) is 11.8 Å². The summed E-state index contributed by atoms with van der Waals surface area (Å²) in [5, 5.41) is 5.70. The maximum absolute atomic E-state index is 12.5. The molecule has 3 saturated heterocycles. The number of esters is 4. The van der Waals surface area contributed by atoms with Gasteiger partial charge in [-0.25, -0.2) is 4.79 Å². The number of carbonyl (C=O) groups excluding carboxylic acids is 4. The molecular formula is C16H10N2O6. The highest BCUT2D eigenvalue weighted by Gasteiger charge is 2.75. The molecule has 8 heteroatoms. The van der Waals surface area contributed by atoms with Crippen LogP contribution in [-0.2, 0) is 28.7 Å². The molecule has 3 fully saturated rings. The summed E-state index contributed by atoms with van der Waals surface area (Å²) in [6.07, 6.45) is 1.23. The lowest BCUT2D eigenvalue weighted by Gasteiger charge is -2.36. The summed E-state index contributed by atoms with van der Waals surface area (Å²) in [6.45, 7) is 0. The summed E-state index contributed by atoms with van der Waals surface area (Å²) < 4.78 is 9.50. The predicted molar refractivity (Wildman–Crippen MR) is 75.1 cm³/mol. The van der Waals surface area contributed by atoms with Crippen molar-refractivity contribution in [3.63, 3.8) is 0 Å².